The second-order valence-corrected chi connectivity index (χ2v) is 6.30. The van der Waals surface area contributed by atoms with E-state index >= 15 is 0 Å². The van der Waals surface area contributed by atoms with Gasteiger partial charge in [-0.1, -0.05) is 73.5 Å². The van der Waals surface area contributed by atoms with Gasteiger partial charge in [-0.25, -0.2) is 0 Å². The Hall–Kier alpha value is -1.35. The van der Waals surface area contributed by atoms with Gasteiger partial charge in [0.2, 0.25) is 0 Å². The van der Waals surface area contributed by atoms with Crippen LogP contribution in [0.2, 0.25) is 0 Å². The normalized spacial score (nSPS) is 15.7. The van der Waals surface area contributed by atoms with Crippen LogP contribution in [0, 0.1) is 5.92 Å². The van der Waals surface area contributed by atoms with Crippen molar-refractivity contribution in [3.05, 3.63) is 71.8 Å². The molecule has 2 aromatic rings. The fourth-order valence-corrected chi connectivity index (χ4v) is 3.38. The highest BCUT2D eigenvalue weighted by molar-refractivity contribution is 5.85. The van der Waals surface area contributed by atoms with Crippen LogP contribution in [0.25, 0.3) is 0 Å². The molecule has 0 bridgehead atoms. The highest BCUT2D eigenvalue weighted by atomic mass is 35.5. The molecule has 3 rings (SSSR count). The molecule has 1 unspecified atom stereocenters. The molecule has 0 aromatic heterocycles. The van der Waals surface area contributed by atoms with E-state index in [4.69, 9.17) is 10.5 Å². The Morgan fingerprint density at radius 2 is 1.48 bits per heavy atom. The maximum Gasteiger partial charge on any atom is 0.133 e. The predicted octanol–water partition coefficient (Wildman–Crippen LogP) is 4.52. The lowest BCUT2D eigenvalue weighted by Crippen LogP contribution is -2.48. The van der Waals surface area contributed by atoms with Crippen LogP contribution in [0.4, 0.5) is 0 Å². The number of hydrogen-bond donors (Lipinski definition) is 1. The highest BCUT2D eigenvalue weighted by Gasteiger charge is 2.41. The Morgan fingerprint density at radius 1 is 1.00 bits per heavy atom. The molecule has 0 aliphatic heterocycles. The zero-order chi connectivity index (χ0) is 15.4. The first-order valence-electron chi connectivity index (χ1n) is 8.19. The van der Waals surface area contributed by atoms with Crippen molar-refractivity contribution in [1.82, 2.24) is 0 Å². The lowest BCUT2D eigenvalue weighted by Gasteiger charge is -2.39. The average Bonchev–Trinajstić information content (AvgIpc) is 3.40. The second kappa shape index (κ2) is 7.96. The third-order valence-electron chi connectivity index (χ3n) is 4.83. The van der Waals surface area contributed by atoms with Crippen molar-refractivity contribution in [1.29, 1.82) is 0 Å². The molecule has 0 radical (unpaired) electrons. The molecule has 124 valence electrons. The minimum atomic E-state index is -0.572. The van der Waals surface area contributed by atoms with Crippen LogP contribution < -0.4 is 5.73 Å². The summed E-state index contributed by atoms with van der Waals surface area (Å²) in [5, 5.41) is 0. The molecule has 1 fully saturated rings. The van der Waals surface area contributed by atoms with Gasteiger partial charge in [0.15, 0.2) is 0 Å². The van der Waals surface area contributed by atoms with E-state index in [1.165, 1.54) is 19.3 Å². The lowest BCUT2D eigenvalue weighted by atomic mass is 9.78. The first-order chi connectivity index (χ1) is 10.8. The van der Waals surface area contributed by atoms with Gasteiger partial charge in [-0.15, -0.1) is 12.4 Å². The summed E-state index contributed by atoms with van der Waals surface area (Å²) in [6, 6.07) is 20.7. The molecule has 3 heteroatoms. The van der Waals surface area contributed by atoms with Crippen molar-refractivity contribution < 1.29 is 4.74 Å². The highest BCUT2D eigenvalue weighted by Crippen LogP contribution is 2.40. The van der Waals surface area contributed by atoms with E-state index in [0.717, 1.165) is 23.5 Å². The average molecular weight is 332 g/mol. The van der Waals surface area contributed by atoms with E-state index in [0.29, 0.717) is 0 Å². The molecule has 23 heavy (non-hydrogen) atoms. The number of benzene rings is 2. The fraction of sp³-hybridized carbons (Fsp3) is 0.400. The molecule has 2 N–H and O–H groups in total. The van der Waals surface area contributed by atoms with E-state index in [1.807, 2.05) is 12.1 Å². The van der Waals surface area contributed by atoms with E-state index < -0.39 is 5.60 Å². The molecule has 1 aliphatic rings. The van der Waals surface area contributed by atoms with Crippen molar-refractivity contribution in [2.75, 3.05) is 7.11 Å². The molecule has 1 saturated carbocycles. The zero-order valence-corrected chi connectivity index (χ0v) is 14.5. The third kappa shape index (κ3) is 3.77. The van der Waals surface area contributed by atoms with Crippen LogP contribution in [0.1, 0.15) is 36.8 Å². The summed E-state index contributed by atoms with van der Waals surface area (Å²) in [5.74, 6) is 0.882. The maximum atomic E-state index is 6.68. The molecule has 0 saturated heterocycles. The first-order valence-corrected chi connectivity index (χ1v) is 8.19. The van der Waals surface area contributed by atoms with Gasteiger partial charge in [0.05, 0.1) is 0 Å². The van der Waals surface area contributed by atoms with Gasteiger partial charge in [-0.05, 0) is 29.9 Å². The smallest absolute Gasteiger partial charge is 0.133 e. The number of nitrogens with two attached hydrogens (primary N) is 1. The summed E-state index contributed by atoms with van der Waals surface area (Å²) in [6.45, 7) is 0. The predicted molar refractivity (Wildman–Crippen MR) is 97.9 cm³/mol. The second-order valence-electron chi connectivity index (χ2n) is 6.30. The minimum Gasteiger partial charge on any atom is -0.367 e. The molecular formula is C20H26ClNO. The molecule has 0 amide bonds. The standard InChI is InChI=1S/C20H25NO.ClH/c1-22-20(17-8-4-2-5-9-17,18-10-6-3-7-11-18)19(21)15-14-16-12-13-16;/h2-11,16,19H,12-15,21H2,1H3;1H. The molecule has 2 aromatic carbocycles. The number of halogens is 1. The Bertz CT molecular complexity index is 544. The number of ether oxygens (including phenoxy) is 1. The Morgan fingerprint density at radius 3 is 1.87 bits per heavy atom. The summed E-state index contributed by atoms with van der Waals surface area (Å²) in [6.07, 6.45) is 4.92. The van der Waals surface area contributed by atoms with Gasteiger partial charge in [0.1, 0.15) is 5.60 Å². The molecule has 0 heterocycles. The maximum absolute atomic E-state index is 6.68. The quantitative estimate of drug-likeness (QED) is 0.809. The van der Waals surface area contributed by atoms with Crippen molar-refractivity contribution in [2.45, 2.75) is 37.3 Å². The van der Waals surface area contributed by atoms with Crippen LogP contribution in [-0.2, 0) is 10.3 Å². The Labute approximate surface area is 145 Å². The summed E-state index contributed by atoms with van der Waals surface area (Å²) in [5.41, 5.74) is 8.37. The minimum absolute atomic E-state index is 0. The van der Waals surface area contributed by atoms with E-state index in [1.54, 1.807) is 7.11 Å². The first kappa shape index (κ1) is 18.0. The van der Waals surface area contributed by atoms with Crippen LogP contribution in [-0.4, -0.2) is 13.2 Å². The zero-order valence-electron chi connectivity index (χ0n) is 13.7. The molecule has 1 aliphatic carbocycles. The van der Waals surface area contributed by atoms with Gasteiger partial charge in [-0.3, -0.25) is 0 Å². The number of methoxy groups -OCH3 is 1. The third-order valence-corrected chi connectivity index (χ3v) is 4.83. The molecule has 0 spiro atoms. The SMILES string of the molecule is COC(c1ccccc1)(c1ccccc1)C(N)CCC1CC1.Cl. The van der Waals surface area contributed by atoms with E-state index in [9.17, 15) is 0 Å². The van der Waals surface area contributed by atoms with Crippen LogP contribution in [0.3, 0.4) is 0 Å². The van der Waals surface area contributed by atoms with Gasteiger partial charge in [0.25, 0.3) is 0 Å². The monoisotopic (exact) mass is 331 g/mol. The summed E-state index contributed by atoms with van der Waals surface area (Å²) in [4.78, 5) is 0. The fourth-order valence-electron chi connectivity index (χ4n) is 3.38. The van der Waals surface area contributed by atoms with Crippen molar-refractivity contribution in [3.8, 4) is 0 Å². The van der Waals surface area contributed by atoms with Gasteiger partial charge >= 0.3 is 0 Å². The van der Waals surface area contributed by atoms with Crippen LogP contribution in [0.15, 0.2) is 60.7 Å². The van der Waals surface area contributed by atoms with E-state index in [-0.39, 0.29) is 18.4 Å². The Balaban J connectivity index is 0.00000192. The topological polar surface area (TPSA) is 35.2 Å². The van der Waals surface area contributed by atoms with Crippen molar-refractivity contribution >= 4 is 12.4 Å². The molecule has 1 atom stereocenters. The van der Waals surface area contributed by atoms with Crippen LogP contribution >= 0.6 is 12.4 Å². The largest absolute Gasteiger partial charge is 0.367 e. The lowest BCUT2D eigenvalue weighted by molar-refractivity contribution is -0.00362. The van der Waals surface area contributed by atoms with Crippen molar-refractivity contribution in [2.24, 2.45) is 11.7 Å². The number of rotatable bonds is 7. The van der Waals surface area contributed by atoms with Gasteiger partial charge in [-0.2, -0.15) is 0 Å². The summed E-state index contributed by atoms with van der Waals surface area (Å²) >= 11 is 0. The van der Waals surface area contributed by atoms with E-state index in [2.05, 4.69) is 48.5 Å². The van der Waals surface area contributed by atoms with Crippen molar-refractivity contribution in [3.63, 3.8) is 0 Å². The number of hydrogen-bond acceptors (Lipinski definition) is 2. The van der Waals surface area contributed by atoms with Gasteiger partial charge in [0, 0.05) is 13.2 Å². The summed E-state index contributed by atoms with van der Waals surface area (Å²) < 4.78 is 6.10. The van der Waals surface area contributed by atoms with Crippen LogP contribution in [0.5, 0.6) is 0 Å². The molecular weight excluding hydrogens is 306 g/mol. The Kier molecular flexibility index (Phi) is 6.23. The summed E-state index contributed by atoms with van der Waals surface area (Å²) in [7, 11) is 1.77. The van der Waals surface area contributed by atoms with Gasteiger partial charge < -0.3 is 10.5 Å². The molecule has 2 nitrogen and oxygen atoms in total.